The number of carboxylic acids is 1. The minimum Gasteiger partial charge on any atom is -0.478 e. The van der Waals surface area contributed by atoms with Crippen LogP contribution in [0.1, 0.15) is 23.2 Å². The fraction of sp³-hybridized carbons (Fsp3) is 0.364. The van der Waals surface area contributed by atoms with E-state index in [2.05, 4.69) is 0 Å². The fourth-order valence-corrected chi connectivity index (χ4v) is 3.09. The average molecular weight is 437 g/mol. The molecule has 0 radical (unpaired) electrons. The van der Waals surface area contributed by atoms with Crippen molar-refractivity contribution in [1.82, 2.24) is 0 Å². The number of rotatable bonds is 6. The van der Waals surface area contributed by atoms with Gasteiger partial charge < -0.3 is 5.11 Å². The zero-order chi connectivity index (χ0) is 16.3. The lowest BCUT2D eigenvalue weighted by Gasteiger charge is -2.11. The van der Waals surface area contributed by atoms with Crippen molar-refractivity contribution in [2.45, 2.75) is 19.0 Å². The van der Waals surface area contributed by atoms with E-state index in [9.17, 15) is 26.4 Å². The van der Waals surface area contributed by atoms with Crippen molar-refractivity contribution in [1.29, 1.82) is 0 Å². The zero-order valence-electron chi connectivity index (χ0n) is 10.4. The first-order chi connectivity index (χ1) is 9.50. The SMILES string of the molecule is O=C(O)c1cc(I)ccc1NS(=O)(=O)CCCC(F)(F)F. The minimum absolute atomic E-state index is 0.171. The molecule has 0 atom stereocenters. The van der Waals surface area contributed by atoms with E-state index in [4.69, 9.17) is 5.11 Å². The van der Waals surface area contributed by atoms with Gasteiger partial charge in [-0.25, -0.2) is 13.2 Å². The predicted molar refractivity (Wildman–Crippen MR) is 78.8 cm³/mol. The molecular formula is C11H11F3INO4S. The lowest BCUT2D eigenvalue weighted by atomic mass is 10.2. The van der Waals surface area contributed by atoms with Crippen molar-refractivity contribution in [2.24, 2.45) is 0 Å². The quantitative estimate of drug-likeness (QED) is 0.671. The molecule has 1 rings (SSSR count). The third kappa shape index (κ3) is 6.50. The number of hydrogen-bond acceptors (Lipinski definition) is 3. The number of hydrogen-bond donors (Lipinski definition) is 2. The fourth-order valence-electron chi connectivity index (χ4n) is 1.46. The summed E-state index contributed by atoms with van der Waals surface area (Å²) in [5.41, 5.74) is -0.434. The summed E-state index contributed by atoms with van der Waals surface area (Å²) < 4.78 is 61.9. The van der Waals surface area contributed by atoms with Gasteiger partial charge in [0.25, 0.3) is 0 Å². The molecule has 10 heteroatoms. The molecule has 118 valence electrons. The third-order valence-corrected chi connectivity index (χ3v) is 4.38. The lowest BCUT2D eigenvalue weighted by Crippen LogP contribution is -2.20. The van der Waals surface area contributed by atoms with E-state index < -0.39 is 40.8 Å². The highest BCUT2D eigenvalue weighted by Crippen LogP contribution is 2.23. The summed E-state index contributed by atoms with van der Waals surface area (Å²) in [4.78, 5) is 11.0. The Morgan fingerprint density at radius 1 is 1.33 bits per heavy atom. The highest BCUT2D eigenvalue weighted by Gasteiger charge is 2.27. The van der Waals surface area contributed by atoms with Gasteiger partial charge in [-0.05, 0) is 47.2 Å². The summed E-state index contributed by atoms with van der Waals surface area (Å²) >= 11 is 1.86. The molecule has 0 saturated carbocycles. The number of aromatic carboxylic acids is 1. The van der Waals surface area contributed by atoms with E-state index in [1.54, 1.807) is 0 Å². The van der Waals surface area contributed by atoms with Crippen LogP contribution in [-0.2, 0) is 10.0 Å². The Morgan fingerprint density at radius 2 is 1.95 bits per heavy atom. The van der Waals surface area contributed by atoms with Crippen LogP contribution >= 0.6 is 22.6 Å². The van der Waals surface area contributed by atoms with E-state index >= 15 is 0 Å². The summed E-state index contributed by atoms with van der Waals surface area (Å²) in [7, 11) is -4.04. The molecular weight excluding hydrogens is 426 g/mol. The van der Waals surface area contributed by atoms with Gasteiger partial charge in [-0.1, -0.05) is 0 Å². The van der Waals surface area contributed by atoms with E-state index in [-0.39, 0.29) is 11.3 Å². The highest BCUT2D eigenvalue weighted by molar-refractivity contribution is 14.1. The molecule has 0 amide bonds. The summed E-state index contributed by atoms with van der Waals surface area (Å²) in [6.45, 7) is 0. The maximum atomic E-state index is 12.0. The van der Waals surface area contributed by atoms with E-state index in [1.807, 2.05) is 27.3 Å². The van der Waals surface area contributed by atoms with Crippen LogP contribution in [0.3, 0.4) is 0 Å². The normalized spacial score (nSPS) is 12.2. The molecule has 0 aliphatic heterocycles. The Hall–Kier alpha value is -1.04. The van der Waals surface area contributed by atoms with Gasteiger partial charge in [0, 0.05) is 9.99 Å². The van der Waals surface area contributed by atoms with E-state index in [0.29, 0.717) is 3.57 Å². The molecule has 21 heavy (non-hydrogen) atoms. The van der Waals surface area contributed by atoms with E-state index in [0.717, 1.165) is 0 Å². The molecule has 0 heterocycles. The van der Waals surface area contributed by atoms with Crippen molar-refractivity contribution >= 4 is 44.3 Å². The zero-order valence-corrected chi connectivity index (χ0v) is 13.4. The van der Waals surface area contributed by atoms with Gasteiger partial charge in [0.15, 0.2) is 0 Å². The van der Waals surface area contributed by atoms with Gasteiger partial charge >= 0.3 is 12.1 Å². The summed E-state index contributed by atoms with van der Waals surface area (Å²) in [5.74, 6) is -2.07. The number of benzene rings is 1. The van der Waals surface area contributed by atoms with Crippen molar-refractivity contribution in [3.05, 3.63) is 27.3 Å². The maximum absolute atomic E-state index is 12.0. The third-order valence-electron chi connectivity index (χ3n) is 2.35. The smallest absolute Gasteiger partial charge is 0.389 e. The van der Waals surface area contributed by atoms with Gasteiger partial charge in [0.1, 0.15) is 0 Å². The van der Waals surface area contributed by atoms with Crippen LogP contribution in [0.15, 0.2) is 18.2 Å². The number of carboxylic acid groups (broad SMARTS) is 1. The average Bonchev–Trinajstić information content (AvgIpc) is 2.28. The summed E-state index contributed by atoms with van der Waals surface area (Å²) in [6, 6.07) is 4.00. The van der Waals surface area contributed by atoms with Crippen LogP contribution in [0.25, 0.3) is 0 Å². The Labute approximate surface area is 132 Å². The van der Waals surface area contributed by atoms with Gasteiger partial charge in [0.05, 0.1) is 17.0 Å². The molecule has 1 aromatic rings. The number of anilines is 1. The molecule has 0 bridgehead atoms. The van der Waals surface area contributed by atoms with Crippen LogP contribution in [0, 0.1) is 3.57 Å². The molecule has 0 aliphatic rings. The van der Waals surface area contributed by atoms with Crippen molar-refractivity contribution in [3.63, 3.8) is 0 Å². The largest absolute Gasteiger partial charge is 0.478 e. The first kappa shape index (κ1) is 18.0. The van der Waals surface area contributed by atoms with Crippen molar-refractivity contribution in [3.8, 4) is 0 Å². The van der Waals surface area contributed by atoms with Crippen molar-refractivity contribution in [2.75, 3.05) is 10.5 Å². The molecule has 0 saturated heterocycles. The van der Waals surface area contributed by atoms with Crippen LogP contribution in [0.2, 0.25) is 0 Å². The molecule has 0 aromatic heterocycles. The molecule has 2 N–H and O–H groups in total. The summed E-state index contributed by atoms with van der Waals surface area (Å²) in [5, 5.41) is 8.98. The van der Waals surface area contributed by atoms with Crippen molar-refractivity contribution < 1.29 is 31.5 Å². The topological polar surface area (TPSA) is 83.5 Å². The Bertz CT molecular complexity index is 631. The molecule has 1 aromatic carbocycles. The van der Waals surface area contributed by atoms with Gasteiger partial charge in [-0.15, -0.1) is 0 Å². The van der Waals surface area contributed by atoms with Crippen LogP contribution in [0.4, 0.5) is 18.9 Å². The number of nitrogens with one attached hydrogen (secondary N) is 1. The van der Waals surface area contributed by atoms with E-state index in [1.165, 1.54) is 18.2 Å². The molecule has 5 nitrogen and oxygen atoms in total. The predicted octanol–water partition coefficient (Wildman–Crippen LogP) is 3.07. The second-order valence-electron chi connectivity index (χ2n) is 4.13. The number of halogens is 4. The van der Waals surface area contributed by atoms with Gasteiger partial charge in [-0.3, -0.25) is 4.72 Å². The van der Waals surface area contributed by atoms with Gasteiger partial charge in [-0.2, -0.15) is 13.2 Å². The standard InChI is InChI=1S/C11H11F3INO4S/c12-11(13,14)4-1-5-21(19,20)16-9-3-2-7(15)6-8(9)10(17)18/h2-3,6,16H,1,4-5H2,(H,17,18). The Morgan fingerprint density at radius 3 is 2.48 bits per heavy atom. The lowest BCUT2D eigenvalue weighted by molar-refractivity contribution is -0.134. The molecule has 0 aliphatic carbocycles. The highest BCUT2D eigenvalue weighted by atomic mass is 127. The maximum Gasteiger partial charge on any atom is 0.389 e. The number of sulfonamides is 1. The Kier molecular flexibility index (Phi) is 5.84. The monoisotopic (exact) mass is 437 g/mol. The number of alkyl halides is 3. The van der Waals surface area contributed by atoms with Gasteiger partial charge in [0.2, 0.25) is 10.0 Å². The molecule has 0 unspecified atom stereocenters. The second kappa shape index (κ2) is 6.81. The summed E-state index contributed by atoms with van der Waals surface area (Å²) in [6.07, 6.45) is -6.23. The van der Waals surface area contributed by atoms with Crippen LogP contribution in [-0.4, -0.2) is 31.4 Å². The minimum atomic E-state index is -4.43. The molecule has 0 fully saturated rings. The van der Waals surface area contributed by atoms with Crippen LogP contribution in [0.5, 0.6) is 0 Å². The molecule has 0 spiro atoms. The number of carbonyl (C=O) groups is 1. The first-order valence-corrected chi connectivity index (χ1v) is 8.33. The van der Waals surface area contributed by atoms with Crippen LogP contribution < -0.4 is 4.72 Å². The second-order valence-corrected chi connectivity index (χ2v) is 7.22. The first-order valence-electron chi connectivity index (χ1n) is 5.60. The Balaban J connectivity index is 2.83.